The molecule has 0 heterocycles. The summed E-state index contributed by atoms with van der Waals surface area (Å²) >= 11 is 2.13. The number of hydrogen-bond acceptors (Lipinski definition) is 2. The Labute approximate surface area is 117 Å². The number of carbonyl (C=O) groups excluding carboxylic acids is 1. The molecule has 0 radical (unpaired) electrons. The van der Waals surface area contributed by atoms with Crippen LogP contribution in [0.15, 0.2) is 18.2 Å². The second-order valence-corrected chi connectivity index (χ2v) is 10.6. The molecule has 0 aliphatic heterocycles. The zero-order valence-corrected chi connectivity index (χ0v) is 13.6. The van der Waals surface area contributed by atoms with Gasteiger partial charge in [-0.15, -0.1) is 5.54 Å². The number of esters is 1. The Bertz CT molecular complexity index is 492. The second kappa shape index (κ2) is 5.69. The standard InChI is InChI=1S/C13H15IO2Si/c1-16-13(15)11-6-5-10(9-12(11)14)7-8-17(2,3)4/h5-6,9H,1-4H3. The average molecular weight is 358 g/mol. The van der Waals surface area contributed by atoms with Gasteiger partial charge in [0, 0.05) is 9.13 Å². The van der Waals surface area contributed by atoms with Crippen molar-refractivity contribution >= 4 is 36.6 Å². The number of rotatable bonds is 1. The summed E-state index contributed by atoms with van der Waals surface area (Å²) in [5, 5.41) is 0. The molecule has 0 unspecified atom stereocenters. The number of methoxy groups -OCH3 is 1. The van der Waals surface area contributed by atoms with Crippen LogP contribution in [0, 0.1) is 15.0 Å². The topological polar surface area (TPSA) is 26.3 Å². The molecule has 0 aliphatic rings. The first kappa shape index (κ1) is 14.3. The SMILES string of the molecule is COC(=O)c1ccc(C#C[Si](C)(C)C)cc1I. The van der Waals surface area contributed by atoms with E-state index in [2.05, 4.69) is 53.7 Å². The molecule has 0 spiro atoms. The van der Waals surface area contributed by atoms with Crippen molar-refractivity contribution in [2.45, 2.75) is 19.6 Å². The molecule has 0 saturated carbocycles. The number of ether oxygens (including phenoxy) is 1. The van der Waals surface area contributed by atoms with Crippen LogP contribution >= 0.6 is 22.6 Å². The van der Waals surface area contributed by atoms with Crippen LogP contribution in [0.1, 0.15) is 15.9 Å². The first-order chi connectivity index (χ1) is 7.83. The molecule has 90 valence electrons. The van der Waals surface area contributed by atoms with E-state index in [1.807, 2.05) is 12.1 Å². The summed E-state index contributed by atoms with van der Waals surface area (Å²) in [5.74, 6) is 2.86. The van der Waals surface area contributed by atoms with E-state index in [-0.39, 0.29) is 5.97 Å². The van der Waals surface area contributed by atoms with Gasteiger partial charge in [-0.05, 0) is 40.8 Å². The van der Waals surface area contributed by atoms with Crippen LogP contribution < -0.4 is 0 Å². The molecule has 0 saturated heterocycles. The van der Waals surface area contributed by atoms with E-state index in [9.17, 15) is 4.79 Å². The van der Waals surface area contributed by atoms with Crippen LogP contribution in [-0.2, 0) is 4.74 Å². The van der Waals surface area contributed by atoms with Crippen LogP contribution in [0.3, 0.4) is 0 Å². The summed E-state index contributed by atoms with van der Waals surface area (Å²) < 4.78 is 5.57. The van der Waals surface area contributed by atoms with E-state index in [4.69, 9.17) is 4.74 Å². The molecule has 1 aromatic rings. The predicted molar refractivity (Wildman–Crippen MR) is 80.7 cm³/mol. The molecule has 0 fully saturated rings. The van der Waals surface area contributed by atoms with Crippen molar-refractivity contribution in [1.82, 2.24) is 0 Å². The van der Waals surface area contributed by atoms with Gasteiger partial charge in [-0.2, -0.15) is 0 Å². The highest BCUT2D eigenvalue weighted by atomic mass is 127. The minimum Gasteiger partial charge on any atom is -0.465 e. The van der Waals surface area contributed by atoms with Gasteiger partial charge >= 0.3 is 5.97 Å². The van der Waals surface area contributed by atoms with E-state index < -0.39 is 8.07 Å². The Balaban J connectivity index is 3.04. The third kappa shape index (κ3) is 4.52. The van der Waals surface area contributed by atoms with Gasteiger partial charge < -0.3 is 4.74 Å². The Morgan fingerprint density at radius 1 is 1.35 bits per heavy atom. The van der Waals surface area contributed by atoms with Crippen molar-refractivity contribution in [2.24, 2.45) is 0 Å². The predicted octanol–water partition coefficient (Wildman–Crippen LogP) is 3.31. The number of benzene rings is 1. The molecule has 0 atom stereocenters. The van der Waals surface area contributed by atoms with E-state index in [0.29, 0.717) is 5.56 Å². The summed E-state index contributed by atoms with van der Waals surface area (Å²) in [6.45, 7) is 6.61. The van der Waals surface area contributed by atoms with Gasteiger partial charge in [0.05, 0.1) is 12.7 Å². The monoisotopic (exact) mass is 358 g/mol. The van der Waals surface area contributed by atoms with Crippen molar-refractivity contribution < 1.29 is 9.53 Å². The van der Waals surface area contributed by atoms with Crippen LogP contribution in [0.5, 0.6) is 0 Å². The van der Waals surface area contributed by atoms with Gasteiger partial charge in [0.25, 0.3) is 0 Å². The third-order valence-electron chi connectivity index (χ3n) is 1.96. The molecule has 4 heteroatoms. The number of carbonyl (C=O) groups is 1. The lowest BCUT2D eigenvalue weighted by molar-refractivity contribution is 0.0599. The Morgan fingerprint density at radius 2 is 2.00 bits per heavy atom. The average Bonchev–Trinajstić information content (AvgIpc) is 2.24. The summed E-state index contributed by atoms with van der Waals surface area (Å²) in [5.41, 5.74) is 4.84. The fourth-order valence-electron chi connectivity index (χ4n) is 1.13. The Hall–Kier alpha value is -0.803. The van der Waals surface area contributed by atoms with Crippen molar-refractivity contribution in [3.05, 3.63) is 32.9 Å². The molecule has 0 amide bonds. The number of hydrogen-bond donors (Lipinski definition) is 0. The smallest absolute Gasteiger partial charge is 0.338 e. The maximum atomic E-state index is 11.4. The van der Waals surface area contributed by atoms with Crippen molar-refractivity contribution in [2.75, 3.05) is 7.11 Å². The maximum Gasteiger partial charge on any atom is 0.338 e. The van der Waals surface area contributed by atoms with Crippen LogP contribution in [0.4, 0.5) is 0 Å². The fraction of sp³-hybridized carbons (Fsp3) is 0.308. The Kier molecular flexibility index (Phi) is 4.77. The summed E-state index contributed by atoms with van der Waals surface area (Å²) in [4.78, 5) is 11.4. The highest BCUT2D eigenvalue weighted by Crippen LogP contribution is 2.15. The van der Waals surface area contributed by atoms with Crippen LogP contribution in [0.2, 0.25) is 19.6 Å². The van der Waals surface area contributed by atoms with Crippen molar-refractivity contribution in [3.63, 3.8) is 0 Å². The lowest BCUT2D eigenvalue weighted by atomic mass is 10.1. The zero-order chi connectivity index (χ0) is 13.1. The van der Waals surface area contributed by atoms with Gasteiger partial charge in [0.2, 0.25) is 0 Å². The van der Waals surface area contributed by atoms with Gasteiger partial charge in [0.15, 0.2) is 0 Å². The molecule has 0 aliphatic carbocycles. The molecular formula is C13H15IO2Si. The maximum absolute atomic E-state index is 11.4. The molecule has 0 bridgehead atoms. The lowest BCUT2D eigenvalue weighted by Gasteiger charge is -2.05. The van der Waals surface area contributed by atoms with Gasteiger partial charge in [-0.25, -0.2) is 4.79 Å². The first-order valence-electron chi connectivity index (χ1n) is 5.24. The highest BCUT2D eigenvalue weighted by Gasteiger charge is 2.10. The lowest BCUT2D eigenvalue weighted by Crippen LogP contribution is -2.16. The van der Waals surface area contributed by atoms with Crippen LogP contribution in [0.25, 0.3) is 0 Å². The van der Waals surface area contributed by atoms with E-state index in [1.54, 1.807) is 6.07 Å². The van der Waals surface area contributed by atoms with Crippen molar-refractivity contribution in [1.29, 1.82) is 0 Å². The minimum absolute atomic E-state index is 0.306. The Morgan fingerprint density at radius 3 is 2.47 bits per heavy atom. The second-order valence-electron chi connectivity index (χ2n) is 4.69. The molecule has 1 rings (SSSR count). The molecule has 17 heavy (non-hydrogen) atoms. The summed E-state index contributed by atoms with van der Waals surface area (Å²) in [6.07, 6.45) is 0. The highest BCUT2D eigenvalue weighted by molar-refractivity contribution is 14.1. The molecule has 0 N–H and O–H groups in total. The minimum atomic E-state index is -1.35. The normalized spacial score (nSPS) is 10.4. The largest absolute Gasteiger partial charge is 0.465 e. The summed E-state index contributed by atoms with van der Waals surface area (Å²) in [6, 6.07) is 5.54. The third-order valence-corrected chi connectivity index (χ3v) is 3.72. The molecular weight excluding hydrogens is 343 g/mol. The van der Waals surface area contributed by atoms with E-state index in [1.165, 1.54) is 7.11 Å². The first-order valence-corrected chi connectivity index (χ1v) is 9.82. The summed E-state index contributed by atoms with van der Waals surface area (Å²) in [7, 11) is 0.0314. The van der Waals surface area contributed by atoms with Gasteiger partial charge in [-0.3, -0.25) is 0 Å². The van der Waals surface area contributed by atoms with E-state index >= 15 is 0 Å². The quantitative estimate of drug-likeness (QED) is 0.333. The molecule has 2 nitrogen and oxygen atoms in total. The zero-order valence-electron chi connectivity index (χ0n) is 10.4. The van der Waals surface area contributed by atoms with Crippen molar-refractivity contribution in [3.8, 4) is 11.5 Å². The number of halogens is 1. The fourth-order valence-corrected chi connectivity index (χ4v) is 2.38. The molecule has 1 aromatic carbocycles. The van der Waals surface area contributed by atoms with Gasteiger partial charge in [0.1, 0.15) is 8.07 Å². The van der Waals surface area contributed by atoms with Crippen LogP contribution in [-0.4, -0.2) is 21.2 Å². The molecule has 0 aromatic heterocycles. The van der Waals surface area contributed by atoms with Gasteiger partial charge in [-0.1, -0.05) is 25.6 Å². The van der Waals surface area contributed by atoms with E-state index in [0.717, 1.165) is 9.13 Å².